The molecule has 2 saturated carbocycles. The van der Waals surface area contributed by atoms with Crippen molar-refractivity contribution in [1.29, 1.82) is 0 Å². The molecule has 0 spiro atoms. The zero-order valence-electron chi connectivity index (χ0n) is 9.91. The van der Waals surface area contributed by atoms with Crippen molar-refractivity contribution in [2.45, 2.75) is 39.2 Å². The van der Waals surface area contributed by atoms with Gasteiger partial charge in [0.1, 0.15) is 0 Å². The average molecular weight is 236 g/mol. The molecule has 2 aliphatic carbocycles. The predicted molar refractivity (Wildman–Crippen MR) is 67.5 cm³/mol. The Hall–Kier alpha value is -0.410. The summed E-state index contributed by atoms with van der Waals surface area (Å²) >= 11 is 1.75. The molecule has 1 aromatic heterocycles. The molecule has 88 valence electrons. The Morgan fingerprint density at radius 3 is 2.56 bits per heavy atom. The molecule has 1 heterocycles. The molecule has 16 heavy (non-hydrogen) atoms. The van der Waals surface area contributed by atoms with Crippen LogP contribution in [0.5, 0.6) is 0 Å². The quantitative estimate of drug-likeness (QED) is 0.821. The number of hydrogen-bond acceptors (Lipinski definition) is 3. The van der Waals surface area contributed by atoms with Gasteiger partial charge in [-0.3, -0.25) is 0 Å². The van der Waals surface area contributed by atoms with Gasteiger partial charge in [0.25, 0.3) is 0 Å². The number of nitrogens with one attached hydrogen (secondary N) is 1. The first-order valence-electron chi connectivity index (χ1n) is 6.44. The highest BCUT2D eigenvalue weighted by molar-refractivity contribution is 7.09. The normalized spacial score (nSPS) is 20.6. The summed E-state index contributed by atoms with van der Waals surface area (Å²) in [6.07, 6.45) is 5.94. The Kier molecular flexibility index (Phi) is 2.99. The number of rotatable bonds is 6. The SMILES string of the molecule is Cc1nc(CNCC(C2CC2)C2CC2)cs1. The molecular weight excluding hydrogens is 216 g/mol. The Balaban J connectivity index is 1.44. The van der Waals surface area contributed by atoms with E-state index < -0.39 is 0 Å². The minimum absolute atomic E-state index is 0.959. The predicted octanol–water partition coefficient (Wildman–Crippen LogP) is 2.98. The largest absolute Gasteiger partial charge is 0.311 e. The van der Waals surface area contributed by atoms with E-state index in [4.69, 9.17) is 0 Å². The second-order valence-electron chi connectivity index (χ2n) is 5.33. The summed E-state index contributed by atoms with van der Waals surface area (Å²) in [4.78, 5) is 4.48. The van der Waals surface area contributed by atoms with Crippen LogP contribution >= 0.6 is 11.3 Å². The molecule has 0 saturated heterocycles. The third kappa shape index (κ3) is 2.64. The zero-order valence-corrected chi connectivity index (χ0v) is 10.7. The summed E-state index contributed by atoms with van der Waals surface area (Å²) in [6, 6.07) is 0. The van der Waals surface area contributed by atoms with Crippen molar-refractivity contribution < 1.29 is 0 Å². The van der Waals surface area contributed by atoms with E-state index in [9.17, 15) is 0 Å². The number of aryl methyl sites for hydroxylation is 1. The van der Waals surface area contributed by atoms with Crippen LogP contribution in [0.2, 0.25) is 0 Å². The lowest BCUT2D eigenvalue weighted by Gasteiger charge is -2.15. The van der Waals surface area contributed by atoms with Gasteiger partial charge in [0.05, 0.1) is 10.7 Å². The maximum atomic E-state index is 4.48. The molecule has 0 aromatic carbocycles. The van der Waals surface area contributed by atoms with E-state index in [2.05, 4.69) is 22.6 Å². The summed E-state index contributed by atoms with van der Waals surface area (Å²) in [5.74, 6) is 3.08. The Morgan fingerprint density at radius 2 is 2.06 bits per heavy atom. The number of thiazole rings is 1. The average Bonchev–Trinajstić information content (AvgIpc) is 3.15. The zero-order chi connectivity index (χ0) is 11.0. The molecule has 1 aromatic rings. The molecule has 0 unspecified atom stereocenters. The van der Waals surface area contributed by atoms with Crippen LogP contribution in [0, 0.1) is 24.7 Å². The molecule has 0 amide bonds. The monoisotopic (exact) mass is 236 g/mol. The fourth-order valence-corrected chi connectivity index (χ4v) is 3.24. The summed E-state index contributed by atoms with van der Waals surface area (Å²) in [5, 5.41) is 6.95. The fourth-order valence-electron chi connectivity index (χ4n) is 2.62. The van der Waals surface area contributed by atoms with E-state index in [0.29, 0.717) is 0 Å². The van der Waals surface area contributed by atoms with Gasteiger partial charge >= 0.3 is 0 Å². The van der Waals surface area contributed by atoms with Crippen molar-refractivity contribution in [3.63, 3.8) is 0 Å². The first kappa shape index (κ1) is 10.7. The van der Waals surface area contributed by atoms with E-state index in [-0.39, 0.29) is 0 Å². The molecule has 3 heteroatoms. The van der Waals surface area contributed by atoms with Crippen LogP contribution in [0.4, 0.5) is 0 Å². The van der Waals surface area contributed by atoms with Crippen molar-refractivity contribution in [2.24, 2.45) is 17.8 Å². The smallest absolute Gasteiger partial charge is 0.0897 e. The van der Waals surface area contributed by atoms with Gasteiger partial charge in [-0.25, -0.2) is 4.98 Å². The van der Waals surface area contributed by atoms with Crippen LogP contribution in [0.25, 0.3) is 0 Å². The summed E-state index contributed by atoms with van der Waals surface area (Å²) in [6.45, 7) is 4.25. The maximum absolute atomic E-state index is 4.48. The second kappa shape index (κ2) is 4.46. The van der Waals surface area contributed by atoms with Gasteiger partial charge in [0, 0.05) is 11.9 Å². The first-order valence-corrected chi connectivity index (χ1v) is 7.32. The minimum Gasteiger partial charge on any atom is -0.311 e. The van der Waals surface area contributed by atoms with E-state index in [1.807, 2.05) is 0 Å². The van der Waals surface area contributed by atoms with Crippen LogP contribution < -0.4 is 5.32 Å². The van der Waals surface area contributed by atoms with E-state index in [0.717, 1.165) is 24.3 Å². The van der Waals surface area contributed by atoms with Gasteiger partial charge in [-0.1, -0.05) is 0 Å². The van der Waals surface area contributed by atoms with Crippen LogP contribution in [0.1, 0.15) is 36.4 Å². The third-order valence-corrected chi connectivity index (χ3v) is 4.63. The van der Waals surface area contributed by atoms with Gasteiger partial charge in [-0.05, 0) is 56.9 Å². The molecule has 0 bridgehead atoms. The third-order valence-electron chi connectivity index (χ3n) is 3.81. The molecule has 0 aliphatic heterocycles. The Morgan fingerprint density at radius 1 is 1.38 bits per heavy atom. The summed E-state index contributed by atoms with van der Waals surface area (Å²) < 4.78 is 0. The van der Waals surface area contributed by atoms with Crippen LogP contribution in [0.15, 0.2) is 5.38 Å². The van der Waals surface area contributed by atoms with Crippen molar-refractivity contribution in [3.05, 3.63) is 16.1 Å². The Bertz CT molecular complexity index is 341. The highest BCUT2D eigenvalue weighted by Gasteiger charge is 2.40. The molecule has 2 aliphatic rings. The van der Waals surface area contributed by atoms with Gasteiger partial charge in [0.15, 0.2) is 0 Å². The molecule has 0 atom stereocenters. The van der Waals surface area contributed by atoms with Crippen molar-refractivity contribution in [1.82, 2.24) is 10.3 Å². The fraction of sp³-hybridized carbons (Fsp3) is 0.769. The van der Waals surface area contributed by atoms with Crippen LogP contribution in [0.3, 0.4) is 0 Å². The topological polar surface area (TPSA) is 24.9 Å². The molecule has 3 rings (SSSR count). The highest BCUT2D eigenvalue weighted by Crippen LogP contribution is 2.48. The molecule has 2 fully saturated rings. The lowest BCUT2D eigenvalue weighted by Crippen LogP contribution is -2.25. The summed E-state index contributed by atoms with van der Waals surface area (Å²) in [7, 11) is 0. The van der Waals surface area contributed by atoms with Crippen LogP contribution in [-0.4, -0.2) is 11.5 Å². The molecule has 2 nitrogen and oxygen atoms in total. The standard InChI is InChI=1S/C13H20N2S/c1-9-15-12(8-16-9)6-14-7-13(10-2-3-10)11-4-5-11/h8,10-11,13-14H,2-7H2,1H3. The van der Waals surface area contributed by atoms with E-state index in [1.54, 1.807) is 11.3 Å². The number of hydrogen-bond donors (Lipinski definition) is 1. The molecule has 1 N–H and O–H groups in total. The van der Waals surface area contributed by atoms with Gasteiger partial charge < -0.3 is 5.32 Å². The van der Waals surface area contributed by atoms with E-state index in [1.165, 1.54) is 42.9 Å². The van der Waals surface area contributed by atoms with Gasteiger partial charge in [0.2, 0.25) is 0 Å². The molecular formula is C13H20N2S. The highest BCUT2D eigenvalue weighted by atomic mass is 32.1. The van der Waals surface area contributed by atoms with Crippen molar-refractivity contribution in [2.75, 3.05) is 6.54 Å². The maximum Gasteiger partial charge on any atom is 0.0897 e. The number of nitrogens with zero attached hydrogens (tertiary/aromatic N) is 1. The van der Waals surface area contributed by atoms with Gasteiger partial charge in [-0.2, -0.15) is 0 Å². The van der Waals surface area contributed by atoms with Gasteiger partial charge in [-0.15, -0.1) is 11.3 Å². The van der Waals surface area contributed by atoms with E-state index >= 15 is 0 Å². The van der Waals surface area contributed by atoms with Crippen molar-refractivity contribution in [3.8, 4) is 0 Å². The lowest BCUT2D eigenvalue weighted by atomic mass is 9.98. The summed E-state index contributed by atoms with van der Waals surface area (Å²) in [5.41, 5.74) is 1.22. The first-order chi connectivity index (χ1) is 7.83. The van der Waals surface area contributed by atoms with Crippen LogP contribution in [-0.2, 0) is 6.54 Å². The second-order valence-corrected chi connectivity index (χ2v) is 6.39. The lowest BCUT2D eigenvalue weighted by molar-refractivity contribution is 0.378. The van der Waals surface area contributed by atoms with Crippen molar-refractivity contribution >= 4 is 11.3 Å². The molecule has 0 radical (unpaired) electrons. The Labute approximate surface area is 101 Å². The number of aromatic nitrogens is 1. The minimum atomic E-state index is 0.959.